The molecular formula is C13H17BFNO3. The molecule has 0 fully saturated rings. The normalized spacial score (nSPS) is 12.1. The van der Waals surface area contributed by atoms with Crippen LogP contribution in [0.5, 0.6) is 0 Å². The molecule has 6 heteroatoms. The van der Waals surface area contributed by atoms with Gasteiger partial charge < -0.3 is 14.8 Å². The van der Waals surface area contributed by atoms with Crippen molar-refractivity contribution in [3.8, 4) is 6.07 Å². The molecule has 0 saturated carbocycles. The molecule has 102 valence electrons. The van der Waals surface area contributed by atoms with Crippen LogP contribution in [0.15, 0.2) is 18.2 Å². The average Bonchev–Trinajstić information content (AvgIpc) is 2.26. The van der Waals surface area contributed by atoms with Gasteiger partial charge in [0.25, 0.3) is 0 Å². The van der Waals surface area contributed by atoms with Crippen LogP contribution in [0.2, 0.25) is 0 Å². The van der Waals surface area contributed by atoms with Crippen LogP contribution >= 0.6 is 0 Å². The number of halogens is 1. The number of nitriles is 1. The smallest absolute Gasteiger partial charge is 0.423 e. The Morgan fingerprint density at radius 1 is 1.32 bits per heavy atom. The topological polar surface area (TPSA) is 73.5 Å². The summed E-state index contributed by atoms with van der Waals surface area (Å²) < 4.78 is 18.6. The van der Waals surface area contributed by atoms with Crippen molar-refractivity contribution in [2.24, 2.45) is 0 Å². The van der Waals surface area contributed by atoms with Crippen LogP contribution in [0, 0.1) is 17.1 Å². The van der Waals surface area contributed by atoms with Crippen LogP contribution < -0.4 is 5.46 Å². The lowest BCUT2D eigenvalue weighted by Crippen LogP contribution is -2.53. The molecule has 0 atom stereocenters. The van der Waals surface area contributed by atoms with Gasteiger partial charge in [0.1, 0.15) is 5.82 Å². The van der Waals surface area contributed by atoms with E-state index in [1.54, 1.807) is 13.8 Å². The summed E-state index contributed by atoms with van der Waals surface area (Å²) in [4.78, 5) is 0. The van der Waals surface area contributed by atoms with Crippen molar-refractivity contribution in [3.63, 3.8) is 0 Å². The number of hydrogen-bond acceptors (Lipinski definition) is 4. The molecule has 0 amide bonds. The fourth-order valence-corrected chi connectivity index (χ4v) is 1.33. The van der Waals surface area contributed by atoms with E-state index in [0.29, 0.717) is 0 Å². The zero-order chi connectivity index (χ0) is 14.8. The minimum Gasteiger partial charge on any atom is -0.423 e. The fraction of sp³-hybridized carbons (Fsp3) is 0.462. The number of rotatable bonds is 4. The Hall–Kier alpha value is -1.42. The molecule has 0 spiro atoms. The highest BCUT2D eigenvalue weighted by Crippen LogP contribution is 2.25. The maximum absolute atomic E-state index is 13.2. The summed E-state index contributed by atoms with van der Waals surface area (Å²) in [5.74, 6) is -0.572. The van der Waals surface area contributed by atoms with Crippen molar-refractivity contribution in [2.45, 2.75) is 38.9 Å². The summed E-state index contributed by atoms with van der Waals surface area (Å²) in [5.41, 5.74) is -2.13. The van der Waals surface area contributed by atoms with Crippen LogP contribution in [-0.2, 0) is 4.65 Å². The Morgan fingerprint density at radius 2 is 1.89 bits per heavy atom. The zero-order valence-corrected chi connectivity index (χ0v) is 11.4. The molecule has 1 aromatic carbocycles. The van der Waals surface area contributed by atoms with Gasteiger partial charge in [-0.25, -0.2) is 4.39 Å². The first kappa shape index (κ1) is 15.6. The van der Waals surface area contributed by atoms with Crippen molar-refractivity contribution in [2.75, 3.05) is 0 Å². The van der Waals surface area contributed by atoms with Crippen molar-refractivity contribution in [1.29, 1.82) is 5.26 Å². The van der Waals surface area contributed by atoms with Crippen LogP contribution in [0.1, 0.15) is 33.3 Å². The van der Waals surface area contributed by atoms with Gasteiger partial charge in [0, 0.05) is 5.46 Å². The van der Waals surface area contributed by atoms with E-state index in [4.69, 9.17) is 9.92 Å². The Morgan fingerprint density at radius 3 is 2.37 bits per heavy atom. The summed E-state index contributed by atoms with van der Waals surface area (Å²) in [5, 5.41) is 28.9. The summed E-state index contributed by atoms with van der Waals surface area (Å²) in [6.07, 6.45) is 0. The molecule has 0 aromatic heterocycles. The lowest BCUT2D eigenvalue weighted by atomic mass is 9.74. The third kappa shape index (κ3) is 3.54. The van der Waals surface area contributed by atoms with Crippen molar-refractivity contribution in [3.05, 3.63) is 29.6 Å². The Balaban J connectivity index is 3.06. The van der Waals surface area contributed by atoms with Gasteiger partial charge in [0.05, 0.1) is 22.8 Å². The quantitative estimate of drug-likeness (QED) is 0.795. The predicted octanol–water partition coefficient (Wildman–Crippen LogP) is 0.951. The average molecular weight is 265 g/mol. The zero-order valence-electron chi connectivity index (χ0n) is 11.4. The van der Waals surface area contributed by atoms with Crippen LogP contribution in [0.25, 0.3) is 0 Å². The summed E-state index contributed by atoms with van der Waals surface area (Å²) in [6, 6.07) is 5.31. The molecule has 19 heavy (non-hydrogen) atoms. The van der Waals surface area contributed by atoms with E-state index < -0.39 is 24.1 Å². The molecule has 0 aliphatic heterocycles. The molecule has 1 aromatic rings. The van der Waals surface area contributed by atoms with Crippen LogP contribution in [0.3, 0.4) is 0 Å². The number of nitrogens with zero attached hydrogens (tertiary/aromatic N) is 1. The monoisotopic (exact) mass is 265 g/mol. The Bertz CT molecular complexity index is 506. The van der Waals surface area contributed by atoms with E-state index in [9.17, 15) is 14.5 Å². The molecule has 0 unspecified atom stereocenters. The lowest BCUT2D eigenvalue weighted by Gasteiger charge is -2.38. The Labute approximate surface area is 112 Å². The second-order valence-corrected chi connectivity index (χ2v) is 5.38. The van der Waals surface area contributed by atoms with Gasteiger partial charge in [-0.15, -0.1) is 0 Å². The molecule has 0 radical (unpaired) electrons. The molecular weight excluding hydrogens is 248 g/mol. The van der Waals surface area contributed by atoms with Crippen LogP contribution in [-0.4, -0.2) is 28.5 Å². The fourth-order valence-electron chi connectivity index (χ4n) is 1.33. The standard InChI is InChI=1S/C13H17BFNO3/c1-12(2,17)13(3,4)19-14(18)11-7-10(15)6-5-9(11)8-16/h5-7,17-18H,1-4H3. The second kappa shape index (κ2) is 5.29. The molecule has 0 saturated heterocycles. The summed E-state index contributed by atoms with van der Waals surface area (Å²) in [6.45, 7) is 6.27. The van der Waals surface area contributed by atoms with E-state index in [1.807, 2.05) is 6.07 Å². The highest BCUT2D eigenvalue weighted by Gasteiger charge is 2.40. The Kier molecular flexibility index (Phi) is 4.36. The molecule has 1 rings (SSSR count). The van der Waals surface area contributed by atoms with Gasteiger partial charge in [0.2, 0.25) is 0 Å². The lowest BCUT2D eigenvalue weighted by molar-refractivity contribution is -0.0982. The largest absolute Gasteiger partial charge is 0.493 e. The van der Waals surface area contributed by atoms with Gasteiger partial charge in [-0.05, 0) is 45.9 Å². The van der Waals surface area contributed by atoms with Crippen molar-refractivity contribution < 1.29 is 19.2 Å². The van der Waals surface area contributed by atoms with E-state index in [1.165, 1.54) is 19.9 Å². The third-order valence-electron chi connectivity index (χ3n) is 3.28. The van der Waals surface area contributed by atoms with Crippen molar-refractivity contribution >= 4 is 12.6 Å². The minimum absolute atomic E-state index is 0.0415. The molecule has 0 aliphatic rings. The van der Waals surface area contributed by atoms with Crippen LogP contribution in [0.4, 0.5) is 4.39 Å². The first-order chi connectivity index (χ1) is 8.58. The highest BCUT2D eigenvalue weighted by atomic mass is 19.1. The highest BCUT2D eigenvalue weighted by molar-refractivity contribution is 6.60. The van der Waals surface area contributed by atoms with Crippen molar-refractivity contribution in [1.82, 2.24) is 0 Å². The maximum atomic E-state index is 13.2. The van der Waals surface area contributed by atoms with E-state index in [-0.39, 0.29) is 11.0 Å². The van der Waals surface area contributed by atoms with Gasteiger partial charge in [-0.2, -0.15) is 5.26 Å². The molecule has 2 N–H and O–H groups in total. The second-order valence-electron chi connectivity index (χ2n) is 5.38. The van der Waals surface area contributed by atoms with Gasteiger partial charge in [0.15, 0.2) is 0 Å². The SMILES string of the molecule is CC(C)(O)C(C)(C)OB(O)c1cc(F)ccc1C#N. The predicted molar refractivity (Wildman–Crippen MR) is 70.2 cm³/mol. The first-order valence-corrected chi connectivity index (χ1v) is 5.86. The maximum Gasteiger partial charge on any atom is 0.493 e. The number of aliphatic hydroxyl groups is 1. The first-order valence-electron chi connectivity index (χ1n) is 5.86. The van der Waals surface area contributed by atoms with Gasteiger partial charge >= 0.3 is 7.12 Å². The number of hydrogen-bond donors (Lipinski definition) is 2. The van der Waals surface area contributed by atoms with E-state index in [2.05, 4.69) is 0 Å². The van der Waals surface area contributed by atoms with Gasteiger partial charge in [-0.1, -0.05) is 0 Å². The number of benzene rings is 1. The molecule has 0 heterocycles. The van der Waals surface area contributed by atoms with Gasteiger partial charge in [-0.3, -0.25) is 0 Å². The van der Waals surface area contributed by atoms with E-state index in [0.717, 1.165) is 12.1 Å². The molecule has 0 aliphatic carbocycles. The minimum atomic E-state index is -1.49. The summed E-state index contributed by atoms with van der Waals surface area (Å²) >= 11 is 0. The third-order valence-corrected chi connectivity index (χ3v) is 3.28. The van der Waals surface area contributed by atoms with E-state index >= 15 is 0 Å². The molecule has 4 nitrogen and oxygen atoms in total. The molecule has 0 bridgehead atoms. The summed E-state index contributed by atoms with van der Waals surface area (Å²) in [7, 11) is -1.49.